The first-order valence-corrected chi connectivity index (χ1v) is 8.19. The molecule has 0 aliphatic rings. The van der Waals surface area contributed by atoms with E-state index < -0.39 is 0 Å². The molecule has 1 aromatic heterocycles. The fraction of sp³-hybridized carbons (Fsp3) is 0.167. The molecule has 0 atom stereocenters. The van der Waals surface area contributed by atoms with E-state index in [9.17, 15) is 0 Å². The summed E-state index contributed by atoms with van der Waals surface area (Å²) in [5.74, 6) is 0. The van der Waals surface area contributed by atoms with E-state index >= 15 is 0 Å². The van der Waals surface area contributed by atoms with Crippen LogP contribution in [0.4, 0.5) is 0 Å². The first-order chi connectivity index (χ1) is 8.11. The van der Waals surface area contributed by atoms with Crippen LogP contribution >= 0.6 is 59.1 Å². The molecule has 1 N–H and O–H groups in total. The van der Waals surface area contributed by atoms with Gasteiger partial charge in [0, 0.05) is 35.3 Å². The lowest BCUT2D eigenvalue weighted by Crippen LogP contribution is -2.02. The van der Waals surface area contributed by atoms with Crippen molar-refractivity contribution in [2.75, 3.05) is 7.05 Å². The van der Waals surface area contributed by atoms with Crippen LogP contribution in [-0.4, -0.2) is 7.05 Å². The van der Waals surface area contributed by atoms with E-state index in [0.717, 1.165) is 20.0 Å². The van der Waals surface area contributed by atoms with E-state index in [1.165, 1.54) is 15.3 Å². The van der Waals surface area contributed by atoms with Crippen LogP contribution in [0.5, 0.6) is 0 Å². The van der Waals surface area contributed by atoms with Gasteiger partial charge in [0.25, 0.3) is 0 Å². The lowest BCUT2D eigenvalue weighted by molar-refractivity contribution is 0.831. The molecule has 0 bridgehead atoms. The molecule has 0 spiro atoms. The van der Waals surface area contributed by atoms with Crippen molar-refractivity contribution in [2.24, 2.45) is 0 Å². The summed E-state index contributed by atoms with van der Waals surface area (Å²) in [6.07, 6.45) is 0. The van der Waals surface area contributed by atoms with Crippen molar-refractivity contribution < 1.29 is 0 Å². The van der Waals surface area contributed by atoms with Crippen LogP contribution in [0.3, 0.4) is 0 Å². The van der Waals surface area contributed by atoms with Crippen LogP contribution in [0, 0.1) is 0 Å². The van der Waals surface area contributed by atoms with Crippen molar-refractivity contribution in [2.45, 2.75) is 6.54 Å². The zero-order valence-corrected chi connectivity index (χ0v) is 14.6. The zero-order chi connectivity index (χ0) is 12.4. The quantitative estimate of drug-likeness (QED) is 0.673. The second-order valence-corrected chi connectivity index (χ2v) is 7.33. The van der Waals surface area contributed by atoms with Crippen molar-refractivity contribution in [3.8, 4) is 10.4 Å². The third-order valence-corrected chi connectivity index (χ3v) is 5.08. The van der Waals surface area contributed by atoms with Gasteiger partial charge in [-0.2, -0.15) is 0 Å². The van der Waals surface area contributed by atoms with E-state index in [1.54, 1.807) is 11.3 Å². The van der Waals surface area contributed by atoms with Gasteiger partial charge in [0.1, 0.15) is 0 Å². The summed E-state index contributed by atoms with van der Waals surface area (Å²) in [6, 6.07) is 8.46. The Morgan fingerprint density at radius 2 is 1.76 bits per heavy atom. The summed E-state index contributed by atoms with van der Waals surface area (Å²) in [7, 11) is 1.96. The van der Waals surface area contributed by atoms with Gasteiger partial charge in [-0.3, -0.25) is 0 Å². The highest BCUT2D eigenvalue weighted by Crippen LogP contribution is 2.40. The summed E-state index contributed by atoms with van der Waals surface area (Å²) in [5, 5.41) is 3.17. The molecule has 0 saturated carbocycles. The van der Waals surface area contributed by atoms with E-state index in [1.807, 2.05) is 7.05 Å². The van der Waals surface area contributed by atoms with E-state index in [2.05, 4.69) is 77.4 Å². The molecule has 1 heterocycles. The summed E-state index contributed by atoms with van der Waals surface area (Å²) in [5.41, 5.74) is 1.21. The SMILES string of the molecule is CNCc1ccc(-c2c(Br)cc(Br)cc2Br)s1. The maximum atomic E-state index is 3.61. The van der Waals surface area contributed by atoms with Crippen molar-refractivity contribution in [1.29, 1.82) is 0 Å². The molecule has 0 unspecified atom stereocenters. The Balaban J connectivity index is 2.45. The van der Waals surface area contributed by atoms with Crippen LogP contribution < -0.4 is 5.32 Å². The number of halogens is 3. The van der Waals surface area contributed by atoms with Crippen molar-refractivity contribution in [3.05, 3.63) is 42.6 Å². The number of benzene rings is 1. The lowest BCUT2D eigenvalue weighted by atomic mass is 10.2. The monoisotopic (exact) mass is 437 g/mol. The minimum Gasteiger partial charge on any atom is -0.315 e. The Morgan fingerprint density at radius 3 is 2.35 bits per heavy atom. The third kappa shape index (κ3) is 3.20. The number of rotatable bonds is 3. The Hall–Kier alpha value is 0.320. The van der Waals surface area contributed by atoms with Crippen LogP contribution in [-0.2, 0) is 6.54 Å². The standard InChI is InChI=1S/C12H10Br3NS/c1-16-6-8-2-3-11(17-8)12-9(14)4-7(13)5-10(12)15/h2-5,16H,6H2,1H3. The van der Waals surface area contributed by atoms with Gasteiger partial charge >= 0.3 is 0 Å². The van der Waals surface area contributed by atoms with Gasteiger partial charge in [-0.15, -0.1) is 11.3 Å². The maximum Gasteiger partial charge on any atom is 0.0368 e. The molecule has 90 valence electrons. The second kappa shape index (κ2) is 5.97. The Kier molecular flexibility index (Phi) is 4.83. The van der Waals surface area contributed by atoms with Crippen LogP contribution in [0.1, 0.15) is 4.88 Å². The van der Waals surface area contributed by atoms with Crippen LogP contribution in [0.2, 0.25) is 0 Å². The zero-order valence-electron chi connectivity index (χ0n) is 9.06. The molecule has 0 aliphatic carbocycles. The predicted octanol–water partition coefficient (Wildman–Crippen LogP) is 5.42. The number of hydrogen-bond donors (Lipinski definition) is 1. The first kappa shape index (κ1) is 13.7. The molecule has 0 radical (unpaired) electrons. The Labute approximate surface area is 130 Å². The van der Waals surface area contributed by atoms with Gasteiger partial charge < -0.3 is 5.32 Å². The minimum atomic E-state index is 0.913. The molecule has 5 heteroatoms. The highest BCUT2D eigenvalue weighted by molar-refractivity contribution is 9.11. The van der Waals surface area contributed by atoms with Crippen molar-refractivity contribution >= 4 is 59.1 Å². The fourth-order valence-electron chi connectivity index (χ4n) is 1.56. The Bertz CT molecular complexity index is 513. The van der Waals surface area contributed by atoms with E-state index in [4.69, 9.17) is 0 Å². The van der Waals surface area contributed by atoms with Gasteiger partial charge in [0.15, 0.2) is 0 Å². The molecule has 17 heavy (non-hydrogen) atoms. The summed E-state index contributed by atoms with van der Waals surface area (Å²) in [4.78, 5) is 2.60. The largest absolute Gasteiger partial charge is 0.315 e. The van der Waals surface area contributed by atoms with Gasteiger partial charge in [0.2, 0.25) is 0 Å². The molecule has 1 aromatic carbocycles. The van der Waals surface area contributed by atoms with Crippen molar-refractivity contribution in [1.82, 2.24) is 5.32 Å². The summed E-state index contributed by atoms with van der Waals surface area (Å²) < 4.78 is 3.25. The van der Waals surface area contributed by atoms with Gasteiger partial charge in [-0.05, 0) is 31.3 Å². The Morgan fingerprint density at radius 1 is 1.12 bits per heavy atom. The van der Waals surface area contributed by atoms with E-state index in [0.29, 0.717) is 0 Å². The number of hydrogen-bond acceptors (Lipinski definition) is 2. The van der Waals surface area contributed by atoms with E-state index in [-0.39, 0.29) is 0 Å². The lowest BCUT2D eigenvalue weighted by Gasteiger charge is -2.06. The minimum absolute atomic E-state index is 0.913. The normalized spacial score (nSPS) is 10.8. The molecule has 2 aromatic rings. The average molecular weight is 440 g/mol. The molecular formula is C12H10Br3NS. The topological polar surface area (TPSA) is 12.0 Å². The summed E-state index contributed by atoms with van der Waals surface area (Å²) in [6.45, 7) is 0.913. The van der Waals surface area contributed by atoms with Crippen LogP contribution in [0.15, 0.2) is 37.7 Å². The average Bonchev–Trinajstić information content (AvgIpc) is 2.65. The second-order valence-electron chi connectivity index (χ2n) is 3.54. The van der Waals surface area contributed by atoms with Gasteiger partial charge in [-0.1, -0.05) is 47.8 Å². The molecule has 0 fully saturated rings. The van der Waals surface area contributed by atoms with Gasteiger partial charge in [-0.25, -0.2) is 0 Å². The molecule has 0 aliphatic heterocycles. The molecule has 2 rings (SSSR count). The predicted molar refractivity (Wildman–Crippen MR) is 85.6 cm³/mol. The molecular weight excluding hydrogens is 430 g/mol. The first-order valence-electron chi connectivity index (χ1n) is 5.00. The van der Waals surface area contributed by atoms with Crippen LogP contribution in [0.25, 0.3) is 10.4 Å². The number of nitrogens with one attached hydrogen (secondary N) is 1. The fourth-order valence-corrected chi connectivity index (χ4v) is 5.60. The molecule has 0 saturated heterocycles. The number of thiophene rings is 1. The highest BCUT2D eigenvalue weighted by atomic mass is 79.9. The summed E-state index contributed by atoms with van der Waals surface area (Å²) >= 11 is 12.5. The smallest absolute Gasteiger partial charge is 0.0368 e. The third-order valence-electron chi connectivity index (χ3n) is 2.27. The molecule has 0 amide bonds. The maximum absolute atomic E-state index is 3.61. The van der Waals surface area contributed by atoms with Gasteiger partial charge in [0.05, 0.1) is 0 Å². The van der Waals surface area contributed by atoms with Crippen molar-refractivity contribution in [3.63, 3.8) is 0 Å². The molecule has 1 nitrogen and oxygen atoms in total. The highest BCUT2D eigenvalue weighted by Gasteiger charge is 2.11.